The number of halogens is 1. The second kappa shape index (κ2) is 9.74. The molecule has 0 radical (unpaired) electrons. The number of amides is 1. The Balaban J connectivity index is 1.34. The SMILES string of the molecule is Cn1c(=O)c2c(ncn2CCCC(=O)Nc2cccc(OCc3cccc(F)c3)c2)n(C)c1=O. The molecule has 0 saturated carbocycles. The molecule has 1 amide bonds. The monoisotopic (exact) mass is 465 g/mol. The van der Waals surface area contributed by atoms with Crippen LogP contribution in [0.4, 0.5) is 10.1 Å². The second-order valence-corrected chi connectivity index (χ2v) is 7.91. The van der Waals surface area contributed by atoms with Gasteiger partial charge in [0.1, 0.15) is 18.2 Å². The van der Waals surface area contributed by atoms with Crippen LogP contribution in [0.15, 0.2) is 64.4 Å². The topological polar surface area (TPSA) is 100 Å². The first-order valence-corrected chi connectivity index (χ1v) is 10.7. The third-order valence-electron chi connectivity index (χ3n) is 5.43. The lowest BCUT2D eigenvalue weighted by Crippen LogP contribution is -2.37. The summed E-state index contributed by atoms with van der Waals surface area (Å²) in [6, 6.07) is 13.1. The molecule has 0 fully saturated rings. The van der Waals surface area contributed by atoms with Gasteiger partial charge in [0.05, 0.1) is 6.33 Å². The van der Waals surface area contributed by atoms with Crippen molar-refractivity contribution in [2.24, 2.45) is 14.1 Å². The molecule has 2 aromatic carbocycles. The predicted octanol–water partition coefficient (Wildman–Crippen LogP) is 2.57. The summed E-state index contributed by atoms with van der Waals surface area (Å²) >= 11 is 0. The zero-order valence-corrected chi connectivity index (χ0v) is 18.8. The summed E-state index contributed by atoms with van der Waals surface area (Å²) < 4.78 is 23.0. The van der Waals surface area contributed by atoms with Crippen molar-refractivity contribution in [1.82, 2.24) is 18.7 Å². The Kier molecular flexibility index (Phi) is 6.58. The van der Waals surface area contributed by atoms with Crippen LogP contribution in [-0.2, 0) is 32.0 Å². The molecule has 0 atom stereocenters. The van der Waals surface area contributed by atoms with Crippen LogP contribution in [-0.4, -0.2) is 24.6 Å². The fraction of sp³-hybridized carbons (Fsp3) is 0.250. The number of hydrogen-bond acceptors (Lipinski definition) is 5. The maximum atomic E-state index is 13.3. The van der Waals surface area contributed by atoms with Gasteiger partial charge in [-0.25, -0.2) is 14.2 Å². The van der Waals surface area contributed by atoms with Crippen LogP contribution in [0.25, 0.3) is 11.2 Å². The average Bonchev–Trinajstić information content (AvgIpc) is 3.24. The van der Waals surface area contributed by atoms with E-state index in [9.17, 15) is 18.8 Å². The third-order valence-corrected chi connectivity index (χ3v) is 5.43. The number of anilines is 1. The fourth-order valence-electron chi connectivity index (χ4n) is 3.66. The van der Waals surface area contributed by atoms with E-state index in [4.69, 9.17) is 4.74 Å². The molecule has 2 heterocycles. The Morgan fingerprint density at radius 1 is 1.09 bits per heavy atom. The second-order valence-electron chi connectivity index (χ2n) is 7.91. The van der Waals surface area contributed by atoms with Crippen LogP contribution in [0.5, 0.6) is 5.75 Å². The summed E-state index contributed by atoms with van der Waals surface area (Å²) in [4.78, 5) is 41.1. The summed E-state index contributed by atoms with van der Waals surface area (Å²) in [6.45, 7) is 0.604. The molecule has 4 aromatic rings. The van der Waals surface area contributed by atoms with Crippen molar-refractivity contribution < 1.29 is 13.9 Å². The lowest BCUT2D eigenvalue weighted by molar-refractivity contribution is -0.116. The first-order chi connectivity index (χ1) is 16.3. The van der Waals surface area contributed by atoms with Gasteiger partial charge in [0.15, 0.2) is 11.2 Å². The summed E-state index contributed by atoms with van der Waals surface area (Å²) in [7, 11) is 2.98. The van der Waals surface area contributed by atoms with Crippen LogP contribution in [0.1, 0.15) is 18.4 Å². The summed E-state index contributed by atoms with van der Waals surface area (Å²) in [6.07, 6.45) is 2.20. The van der Waals surface area contributed by atoms with E-state index in [0.717, 1.165) is 4.57 Å². The van der Waals surface area contributed by atoms with Gasteiger partial charge in [-0.3, -0.25) is 18.7 Å². The van der Waals surface area contributed by atoms with Gasteiger partial charge in [-0.15, -0.1) is 0 Å². The van der Waals surface area contributed by atoms with E-state index >= 15 is 0 Å². The lowest BCUT2D eigenvalue weighted by atomic mass is 10.2. The Morgan fingerprint density at radius 2 is 1.88 bits per heavy atom. The minimum Gasteiger partial charge on any atom is -0.489 e. The van der Waals surface area contributed by atoms with Gasteiger partial charge in [0.25, 0.3) is 5.56 Å². The van der Waals surface area contributed by atoms with E-state index in [0.29, 0.717) is 41.1 Å². The number of benzene rings is 2. The number of carbonyl (C=O) groups excluding carboxylic acids is 1. The number of carbonyl (C=O) groups is 1. The van der Waals surface area contributed by atoms with E-state index in [1.165, 1.54) is 30.1 Å². The summed E-state index contributed by atoms with van der Waals surface area (Å²) in [5, 5.41) is 2.83. The third kappa shape index (κ3) is 4.90. The highest BCUT2D eigenvalue weighted by atomic mass is 19.1. The highest BCUT2D eigenvalue weighted by Gasteiger charge is 2.14. The molecule has 4 rings (SSSR count). The van der Waals surface area contributed by atoms with E-state index in [1.54, 1.807) is 48.0 Å². The Morgan fingerprint density at radius 3 is 2.68 bits per heavy atom. The number of aryl methyl sites for hydroxylation is 2. The van der Waals surface area contributed by atoms with Crippen molar-refractivity contribution in [2.45, 2.75) is 26.0 Å². The zero-order valence-electron chi connectivity index (χ0n) is 18.8. The molecule has 10 heteroatoms. The smallest absolute Gasteiger partial charge is 0.332 e. The quantitative estimate of drug-likeness (QED) is 0.431. The maximum Gasteiger partial charge on any atom is 0.332 e. The van der Waals surface area contributed by atoms with Gasteiger partial charge in [0, 0.05) is 38.8 Å². The standard InChI is InChI=1S/C24H24FN5O4/c1-28-22-21(23(32)29(2)24(28)33)30(15-26-22)11-5-10-20(31)27-18-8-4-9-19(13-18)34-14-16-6-3-7-17(25)12-16/h3-4,6-9,12-13,15H,5,10-11,14H2,1-2H3,(H,27,31). The van der Waals surface area contributed by atoms with E-state index in [1.807, 2.05) is 0 Å². The van der Waals surface area contributed by atoms with Crippen molar-refractivity contribution in [3.8, 4) is 5.75 Å². The Hall–Kier alpha value is -4.21. The number of hydrogen-bond donors (Lipinski definition) is 1. The molecule has 2 aromatic heterocycles. The van der Waals surface area contributed by atoms with Crippen LogP contribution in [0.3, 0.4) is 0 Å². The molecule has 0 spiro atoms. The zero-order chi connectivity index (χ0) is 24.2. The van der Waals surface area contributed by atoms with Crippen molar-refractivity contribution >= 4 is 22.8 Å². The first-order valence-electron chi connectivity index (χ1n) is 10.7. The average molecular weight is 465 g/mol. The van der Waals surface area contributed by atoms with Crippen LogP contribution in [0.2, 0.25) is 0 Å². The molecule has 0 unspecified atom stereocenters. The van der Waals surface area contributed by atoms with Gasteiger partial charge in [0.2, 0.25) is 5.91 Å². The van der Waals surface area contributed by atoms with Crippen LogP contribution in [0, 0.1) is 5.82 Å². The van der Waals surface area contributed by atoms with Gasteiger partial charge in [-0.1, -0.05) is 18.2 Å². The molecule has 0 saturated heterocycles. The molecule has 34 heavy (non-hydrogen) atoms. The fourth-order valence-corrected chi connectivity index (χ4v) is 3.66. The number of fused-ring (bicyclic) bond motifs is 1. The van der Waals surface area contributed by atoms with Crippen LogP contribution >= 0.6 is 0 Å². The van der Waals surface area contributed by atoms with Crippen molar-refractivity contribution in [2.75, 3.05) is 5.32 Å². The molecule has 0 bridgehead atoms. The van der Waals surface area contributed by atoms with Crippen molar-refractivity contribution in [3.05, 3.63) is 87.1 Å². The van der Waals surface area contributed by atoms with E-state index in [-0.39, 0.29) is 24.8 Å². The number of imidazole rings is 1. The minimum absolute atomic E-state index is 0.188. The van der Waals surface area contributed by atoms with E-state index in [2.05, 4.69) is 10.3 Å². The molecule has 0 aliphatic heterocycles. The first kappa shape index (κ1) is 23.0. The number of nitrogens with one attached hydrogen (secondary N) is 1. The minimum atomic E-state index is -0.440. The molecule has 0 aliphatic rings. The van der Waals surface area contributed by atoms with Gasteiger partial charge in [-0.05, 0) is 36.2 Å². The molecule has 0 aliphatic carbocycles. The summed E-state index contributed by atoms with van der Waals surface area (Å²) in [5.74, 6) is 0.0376. The Labute approximate surface area is 194 Å². The molecule has 176 valence electrons. The number of aromatic nitrogens is 4. The molecule has 1 N–H and O–H groups in total. The highest BCUT2D eigenvalue weighted by Crippen LogP contribution is 2.19. The van der Waals surface area contributed by atoms with Gasteiger partial charge >= 0.3 is 5.69 Å². The predicted molar refractivity (Wildman–Crippen MR) is 125 cm³/mol. The van der Waals surface area contributed by atoms with Gasteiger partial charge in [-0.2, -0.15) is 0 Å². The molecular formula is C24H24FN5O4. The molecular weight excluding hydrogens is 441 g/mol. The normalized spacial score (nSPS) is 11.0. The highest BCUT2D eigenvalue weighted by molar-refractivity contribution is 5.90. The number of ether oxygens (including phenoxy) is 1. The number of nitrogens with zero attached hydrogens (tertiary/aromatic N) is 4. The summed E-state index contributed by atoms with van der Waals surface area (Å²) in [5.41, 5.74) is 1.06. The van der Waals surface area contributed by atoms with Gasteiger partial charge < -0.3 is 14.6 Å². The largest absolute Gasteiger partial charge is 0.489 e. The van der Waals surface area contributed by atoms with E-state index < -0.39 is 11.2 Å². The van der Waals surface area contributed by atoms with Crippen molar-refractivity contribution in [1.29, 1.82) is 0 Å². The van der Waals surface area contributed by atoms with Crippen molar-refractivity contribution in [3.63, 3.8) is 0 Å². The molecule has 9 nitrogen and oxygen atoms in total. The Bertz CT molecular complexity index is 1470. The maximum absolute atomic E-state index is 13.3. The lowest BCUT2D eigenvalue weighted by Gasteiger charge is -2.10. The number of rotatable bonds is 8. The van der Waals surface area contributed by atoms with Crippen LogP contribution < -0.4 is 21.3 Å².